The molecule has 0 bridgehead atoms. The van der Waals surface area contributed by atoms with Crippen molar-refractivity contribution in [1.29, 1.82) is 0 Å². The van der Waals surface area contributed by atoms with Gasteiger partial charge in [-0.25, -0.2) is 4.79 Å². The molecule has 0 saturated carbocycles. The number of rotatable bonds is 7. The first-order valence-electron chi connectivity index (χ1n) is 8.04. The summed E-state index contributed by atoms with van der Waals surface area (Å²) in [5, 5.41) is 44.0. The molecule has 148 valence electrons. The predicted molar refractivity (Wildman–Crippen MR) is 95.2 cm³/mol. The third kappa shape index (κ3) is 4.56. The zero-order valence-electron chi connectivity index (χ0n) is 15.1. The lowest BCUT2D eigenvalue weighted by molar-refractivity contribution is -0.140. The molecular formula is C17H21N3O7-2. The first-order valence-corrected chi connectivity index (χ1v) is 8.04. The van der Waals surface area contributed by atoms with Crippen LogP contribution >= 0.6 is 0 Å². The van der Waals surface area contributed by atoms with E-state index in [4.69, 9.17) is 14.7 Å². The molecule has 1 heterocycles. The van der Waals surface area contributed by atoms with Gasteiger partial charge in [0.15, 0.2) is 0 Å². The SMILES string of the molecule is COCCOC(=O)C1=C(C)NC(C)=C(N([O-])O)[C@H]1c1cccc(N([O-])O)c1. The largest absolute Gasteiger partial charge is 0.734 e. The van der Waals surface area contributed by atoms with Crippen molar-refractivity contribution in [3.8, 4) is 0 Å². The number of anilines is 1. The quantitative estimate of drug-likeness (QED) is 0.366. The Hall–Kier alpha value is -2.63. The molecule has 1 aliphatic rings. The number of methoxy groups -OCH3 is 1. The number of dihydropyridines is 1. The minimum Gasteiger partial charge on any atom is -0.734 e. The molecule has 2 rings (SSSR count). The van der Waals surface area contributed by atoms with Crippen molar-refractivity contribution in [2.45, 2.75) is 19.8 Å². The molecular weight excluding hydrogens is 358 g/mol. The lowest BCUT2D eigenvalue weighted by Crippen LogP contribution is -2.34. The van der Waals surface area contributed by atoms with Gasteiger partial charge in [0.25, 0.3) is 0 Å². The maximum atomic E-state index is 12.6. The number of hydrogen-bond acceptors (Lipinski definition) is 10. The lowest BCUT2D eigenvalue weighted by Gasteiger charge is -2.38. The summed E-state index contributed by atoms with van der Waals surface area (Å²) in [4.78, 5) is 12.6. The van der Waals surface area contributed by atoms with Gasteiger partial charge in [-0.1, -0.05) is 12.1 Å². The molecule has 1 atom stereocenters. The molecule has 0 spiro atoms. The van der Waals surface area contributed by atoms with Crippen molar-refractivity contribution < 1.29 is 24.7 Å². The summed E-state index contributed by atoms with van der Waals surface area (Å²) in [6.07, 6.45) is 0. The lowest BCUT2D eigenvalue weighted by atomic mass is 9.84. The Morgan fingerprint density at radius 1 is 1.19 bits per heavy atom. The maximum absolute atomic E-state index is 12.6. The summed E-state index contributed by atoms with van der Waals surface area (Å²) in [5.41, 5.74) is 0.964. The summed E-state index contributed by atoms with van der Waals surface area (Å²) < 4.78 is 10.0. The number of nitrogens with one attached hydrogen (secondary N) is 1. The van der Waals surface area contributed by atoms with Gasteiger partial charge in [-0.05, 0) is 31.5 Å². The second-order valence-electron chi connectivity index (χ2n) is 5.88. The average molecular weight is 379 g/mol. The second kappa shape index (κ2) is 8.84. The summed E-state index contributed by atoms with van der Waals surface area (Å²) in [5.74, 6) is -1.72. The summed E-state index contributed by atoms with van der Waals surface area (Å²) in [7, 11) is 1.46. The van der Waals surface area contributed by atoms with Crippen molar-refractivity contribution >= 4 is 11.7 Å². The molecule has 0 amide bonds. The highest BCUT2D eigenvalue weighted by Gasteiger charge is 2.35. The highest BCUT2D eigenvalue weighted by molar-refractivity contribution is 5.92. The summed E-state index contributed by atoms with van der Waals surface area (Å²) >= 11 is 0. The Bertz CT molecular complexity index is 759. The first kappa shape index (κ1) is 20.7. The zero-order chi connectivity index (χ0) is 20.1. The maximum Gasteiger partial charge on any atom is 0.336 e. The molecule has 27 heavy (non-hydrogen) atoms. The smallest absolute Gasteiger partial charge is 0.336 e. The minimum absolute atomic E-state index is 0.00208. The number of carbonyl (C=O) groups excluding carboxylic acids is 1. The van der Waals surface area contributed by atoms with Crippen LogP contribution in [0.15, 0.2) is 46.9 Å². The third-order valence-electron chi connectivity index (χ3n) is 4.10. The van der Waals surface area contributed by atoms with E-state index in [1.807, 2.05) is 0 Å². The van der Waals surface area contributed by atoms with E-state index < -0.39 is 11.9 Å². The minimum atomic E-state index is -1.01. The van der Waals surface area contributed by atoms with Crippen molar-refractivity contribution in [3.63, 3.8) is 0 Å². The van der Waals surface area contributed by atoms with Gasteiger partial charge in [0.1, 0.15) is 6.61 Å². The Labute approximate surface area is 156 Å². The number of carbonyl (C=O) groups is 1. The van der Waals surface area contributed by atoms with Crippen molar-refractivity contribution in [2.24, 2.45) is 0 Å². The Kier molecular flexibility index (Phi) is 6.77. The van der Waals surface area contributed by atoms with E-state index in [0.717, 1.165) is 0 Å². The molecule has 1 aromatic rings. The van der Waals surface area contributed by atoms with Crippen LogP contribution in [0.4, 0.5) is 5.69 Å². The molecule has 0 fully saturated rings. The van der Waals surface area contributed by atoms with E-state index in [1.165, 1.54) is 25.3 Å². The topological polar surface area (TPSA) is 141 Å². The number of allylic oxidation sites excluding steroid dienone is 3. The van der Waals surface area contributed by atoms with E-state index in [2.05, 4.69) is 5.32 Å². The van der Waals surface area contributed by atoms with Crippen LogP contribution in [0, 0.1) is 10.4 Å². The Morgan fingerprint density at radius 2 is 1.89 bits per heavy atom. The summed E-state index contributed by atoms with van der Waals surface area (Å²) in [6, 6.07) is 5.72. The van der Waals surface area contributed by atoms with Crippen LogP contribution in [0.25, 0.3) is 0 Å². The van der Waals surface area contributed by atoms with Gasteiger partial charge in [-0.3, -0.25) is 10.4 Å². The molecule has 3 N–H and O–H groups in total. The van der Waals surface area contributed by atoms with E-state index >= 15 is 0 Å². The molecule has 1 aromatic carbocycles. The van der Waals surface area contributed by atoms with Crippen LogP contribution in [-0.2, 0) is 14.3 Å². The number of esters is 1. The van der Waals surface area contributed by atoms with Crippen LogP contribution in [0.3, 0.4) is 0 Å². The number of nitrogens with zero attached hydrogens (tertiary/aromatic N) is 2. The third-order valence-corrected chi connectivity index (χ3v) is 4.10. The number of ether oxygens (including phenoxy) is 2. The number of benzene rings is 1. The van der Waals surface area contributed by atoms with Crippen LogP contribution in [0.5, 0.6) is 0 Å². The zero-order valence-corrected chi connectivity index (χ0v) is 15.1. The normalized spacial score (nSPS) is 16.9. The molecule has 0 aromatic heterocycles. The standard InChI is InChI=1S/C17H21N3O7/c1-10-14(17(21)27-8-7-26-3)15(16(20(24)25)11(2)18-10)12-5-4-6-13(9-12)19(22)23/h4-6,9,15,18,22,24H,7-8H2,1-3H3/q-2/t15-/m0/s1. The fourth-order valence-corrected chi connectivity index (χ4v) is 2.95. The molecule has 0 radical (unpaired) electrons. The molecule has 1 aliphatic heterocycles. The fraction of sp³-hybridized carbons (Fsp3) is 0.353. The average Bonchev–Trinajstić information content (AvgIpc) is 2.60. The molecule has 10 nitrogen and oxygen atoms in total. The Morgan fingerprint density at radius 3 is 2.48 bits per heavy atom. The molecule has 0 saturated heterocycles. The molecule has 0 aliphatic carbocycles. The van der Waals surface area contributed by atoms with Gasteiger partial charge in [0.05, 0.1) is 29.5 Å². The molecule has 0 unspecified atom stereocenters. The van der Waals surface area contributed by atoms with Gasteiger partial charge in [-0.2, -0.15) is 0 Å². The second-order valence-corrected chi connectivity index (χ2v) is 5.88. The van der Waals surface area contributed by atoms with E-state index in [-0.39, 0.29) is 40.6 Å². The molecule has 10 heteroatoms. The van der Waals surface area contributed by atoms with Crippen LogP contribution in [-0.4, -0.2) is 41.9 Å². The van der Waals surface area contributed by atoms with Gasteiger partial charge in [0.2, 0.25) is 0 Å². The van der Waals surface area contributed by atoms with Gasteiger partial charge < -0.3 is 35.7 Å². The summed E-state index contributed by atoms with van der Waals surface area (Å²) in [6.45, 7) is 3.39. The van der Waals surface area contributed by atoms with Gasteiger partial charge in [-0.15, -0.1) is 0 Å². The fourth-order valence-electron chi connectivity index (χ4n) is 2.95. The predicted octanol–water partition coefficient (Wildman–Crippen LogP) is 1.95. The van der Waals surface area contributed by atoms with Gasteiger partial charge >= 0.3 is 5.97 Å². The van der Waals surface area contributed by atoms with Crippen molar-refractivity contribution in [2.75, 3.05) is 25.6 Å². The highest BCUT2D eigenvalue weighted by Crippen LogP contribution is 2.40. The highest BCUT2D eigenvalue weighted by atomic mass is 16.8. The van der Waals surface area contributed by atoms with Crippen molar-refractivity contribution in [3.05, 3.63) is 62.9 Å². The van der Waals surface area contributed by atoms with Crippen LogP contribution < -0.4 is 10.5 Å². The van der Waals surface area contributed by atoms with Gasteiger partial charge in [0, 0.05) is 18.5 Å². The number of hydroxylamine groups is 2. The van der Waals surface area contributed by atoms with Crippen LogP contribution in [0.1, 0.15) is 25.3 Å². The van der Waals surface area contributed by atoms with E-state index in [0.29, 0.717) is 17.0 Å². The number of hydrogen-bond donors (Lipinski definition) is 3. The first-order chi connectivity index (χ1) is 12.8. The van der Waals surface area contributed by atoms with E-state index in [1.54, 1.807) is 19.9 Å². The Balaban J connectivity index is 2.54. The monoisotopic (exact) mass is 379 g/mol. The van der Waals surface area contributed by atoms with Crippen LogP contribution in [0.2, 0.25) is 0 Å². The van der Waals surface area contributed by atoms with E-state index in [9.17, 15) is 20.4 Å². The van der Waals surface area contributed by atoms with Crippen molar-refractivity contribution in [1.82, 2.24) is 10.5 Å².